The number of nitrogens with one attached hydrogen (secondary N) is 1. The van der Waals surface area contributed by atoms with Gasteiger partial charge in [0.25, 0.3) is 0 Å². The van der Waals surface area contributed by atoms with Gasteiger partial charge in [0.05, 0.1) is 5.56 Å². The molecular weight excluding hydrogens is 170 g/mol. The molecule has 1 aromatic heterocycles. The number of carboxylic acids is 1. The first-order chi connectivity index (χ1) is 6.24. The summed E-state index contributed by atoms with van der Waals surface area (Å²) in [6, 6.07) is 2.91. The summed E-state index contributed by atoms with van der Waals surface area (Å²) in [7, 11) is 0. The number of aromatic nitrogens is 1. The fourth-order valence-electron chi connectivity index (χ4n) is 0.860. The number of hydrogen-bond donors (Lipinski definition) is 3. The van der Waals surface area contributed by atoms with E-state index in [9.17, 15) is 4.79 Å². The zero-order valence-electron chi connectivity index (χ0n) is 7.03. The van der Waals surface area contributed by atoms with E-state index in [1.807, 2.05) is 0 Å². The van der Waals surface area contributed by atoms with Crippen LogP contribution in [0.2, 0.25) is 0 Å². The highest BCUT2D eigenvalue weighted by Gasteiger charge is 2.02. The second-order valence-corrected chi connectivity index (χ2v) is 2.45. The Hall–Kier alpha value is -1.62. The fraction of sp³-hybridized carbons (Fsp3) is 0.250. The molecule has 0 aliphatic rings. The minimum Gasteiger partial charge on any atom is -0.478 e. The van der Waals surface area contributed by atoms with Crippen molar-refractivity contribution < 1.29 is 9.90 Å². The lowest BCUT2D eigenvalue weighted by Crippen LogP contribution is -2.14. The molecule has 0 amide bonds. The van der Waals surface area contributed by atoms with Crippen molar-refractivity contribution in [2.75, 3.05) is 18.4 Å². The summed E-state index contributed by atoms with van der Waals surface area (Å²) >= 11 is 0. The number of nitrogens with zero attached hydrogens (tertiary/aromatic N) is 1. The fourth-order valence-corrected chi connectivity index (χ4v) is 0.860. The van der Waals surface area contributed by atoms with Crippen LogP contribution in [0.5, 0.6) is 0 Å². The standard InChI is InChI=1S/C8H11N3O2/c9-2-4-11-7-5-6(8(12)13)1-3-10-7/h1,3,5H,2,4,9H2,(H,10,11)(H,12,13). The van der Waals surface area contributed by atoms with Crippen LogP contribution in [0.4, 0.5) is 5.82 Å². The first-order valence-corrected chi connectivity index (χ1v) is 3.87. The molecule has 0 aromatic carbocycles. The Balaban J connectivity index is 2.73. The number of carbonyl (C=O) groups is 1. The van der Waals surface area contributed by atoms with Crippen LogP contribution in [-0.4, -0.2) is 29.1 Å². The van der Waals surface area contributed by atoms with E-state index in [-0.39, 0.29) is 5.56 Å². The minimum atomic E-state index is -0.960. The Morgan fingerprint density at radius 3 is 3.08 bits per heavy atom. The highest BCUT2D eigenvalue weighted by atomic mass is 16.4. The molecule has 5 nitrogen and oxygen atoms in total. The molecular formula is C8H11N3O2. The predicted molar refractivity (Wildman–Crippen MR) is 48.7 cm³/mol. The summed E-state index contributed by atoms with van der Waals surface area (Å²) in [5, 5.41) is 11.5. The second kappa shape index (κ2) is 4.42. The van der Waals surface area contributed by atoms with E-state index in [1.54, 1.807) is 0 Å². The number of nitrogens with two attached hydrogens (primary N) is 1. The summed E-state index contributed by atoms with van der Waals surface area (Å²) in [5.41, 5.74) is 5.48. The van der Waals surface area contributed by atoms with Crippen molar-refractivity contribution in [1.82, 2.24) is 4.98 Å². The zero-order chi connectivity index (χ0) is 9.68. The number of carboxylic acid groups (broad SMARTS) is 1. The molecule has 0 aliphatic carbocycles. The van der Waals surface area contributed by atoms with Crippen LogP contribution < -0.4 is 11.1 Å². The van der Waals surface area contributed by atoms with Crippen LogP contribution in [0.25, 0.3) is 0 Å². The summed E-state index contributed by atoms with van der Waals surface area (Å²) in [6.07, 6.45) is 1.45. The largest absolute Gasteiger partial charge is 0.478 e. The molecule has 0 aliphatic heterocycles. The average molecular weight is 181 g/mol. The molecule has 0 saturated heterocycles. The van der Waals surface area contributed by atoms with Gasteiger partial charge in [-0.3, -0.25) is 0 Å². The molecule has 1 rings (SSSR count). The van der Waals surface area contributed by atoms with Crippen molar-refractivity contribution >= 4 is 11.8 Å². The molecule has 0 spiro atoms. The van der Waals surface area contributed by atoms with E-state index in [2.05, 4.69) is 10.3 Å². The topological polar surface area (TPSA) is 88.2 Å². The van der Waals surface area contributed by atoms with Crippen molar-refractivity contribution in [1.29, 1.82) is 0 Å². The highest BCUT2D eigenvalue weighted by Crippen LogP contribution is 2.05. The van der Waals surface area contributed by atoms with Gasteiger partial charge in [-0.25, -0.2) is 9.78 Å². The zero-order valence-corrected chi connectivity index (χ0v) is 7.03. The molecule has 0 saturated carbocycles. The lowest BCUT2D eigenvalue weighted by Gasteiger charge is -2.03. The van der Waals surface area contributed by atoms with Crippen molar-refractivity contribution in [2.24, 2.45) is 5.73 Å². The molecule has 1 aromatic rings. The SMILES string of the molecule is NCCNc1cc(C(=O)O)ccn1. The monoisotopic (exact) mass is 181 g/mol. The number of rotatable bonds is 4. The molecule has 13 heavy (non-hydrogen) atoms. The maximum atomic E-state index is 10.5. The van der Waals surface area contributed by atoms with E-state index in [4.69, 9.17) is 10.8 Å². The first-order valence-electron chi connectivity index (χ1n) is 3.87. The predicted octanol–water partition coefficient (Wildman–Crippen LogP) is 0.150. The summed E-state index contributed by atoms with van der Waals surface area (Å²) in [6.45, 7) is 1.06. The highest BCUT2D eigenvalue weighted by molar-refractivity contribution is 5.88. The van der Waals surface area contributed by atoms with Crippen LogP contribution >= 0.6 is 0 Å². The van der Waals surface area contributed by atoms with Gasteiger partial charge in [0.15, 0.2) is 0 Å². The van der Waals surface area contributed by atoms with Gasteiger partial charge in [-0.15, -0.1) is 0 Å². The Morgan fingerprint density at radius 1 is 1.69 bits per heavy atom. The van der Waals surface area contributed by atoms with Crippen LogP contribution in [-0.2, 0) is 0 Å². The molecule has 0 atom stereocenters. The third-order valence-electron chi connectivity index (χ3n) is 1.46. The van der Waals surface area contributed by atoms with Gasteiger partial charge in [0.1, 0.15) is 5.82 Å². The van der Waals surface area contributed by atoms with Gasteiger partial charge >= 0.3 is 5.97 Å². The van der Waals surface area contributed by atoms with E-state index >= 15 is 0 Å². The Labute approximate surface area is 75.6 Å². The average Bonchev–Trinajstić information content (AvgIpc) is 2.15. The lowest BCUT2D eigenvalue weighted by molar-refractivity contribution is 0.0697. The molecule has 0 unspecified atom stereocenters. The third kappa shape index (κ3) is 2.72. The maximum Gasteiger partial charge on any atom is 0.335 e. The quantitative estimate of drug-likeness (QED) is 0.615. The van der Waals surface area contributed by atoms with Gasteiger partial charge < -0.3 is 16.2 Å². The maximum absolute atomic E-state index is 10.5. The summed E-state index contributed by atoms with van der Waals surface area (Å²) < 4.78 is 0. The summed E-state index contributed by atoms with van der Waals surface area (Å²) in [5.74, 6) is -0.427. The summed E-state index contributed by atoms with van der Waals surface area (Å²) in [4.78, 5) is 14.5. The Bertz CT molecular complexity index is 301. The van der Waals surface area contributed by atoms with Crippen molar-refractivity contribution in [3.05, 3.63) is 23.9 Å². The van der Waals surface area contributed by atoms with E-state index in [0.29, 0.717) is 18.9 Å². The smallest absolute Gasteiger partial charge is 0.335 e. The van der Waals surface area contributed by atoms with Gasteiger partial charge in [-0.1, -0.05) is 0 Å². The van der Waals surface area contributed by atoms with Gasteiger partial charge in [0.2, 0.25) is 0 Å². The van der Waals surface area contributed by atoms with Crippen molar-refractivity contribution in [3.8, 4) is 0 Å². The Morgan fingerprint density at radius 2 is 2.46 bits per heavy atom. The van der Waals surface area contributed by atoms with Crippen LogP contribution in [0.1, 0.15) is 10.4 Å². The van der Waals surface area contributed by atoms with Crippen molar-refractivity contribution in [2.45, 2.75) is 0 Å². The second-order valence-electron chi connectivity index (χ2n) is 2.45. The molecule has 1 heterocycles. The van der Waals surface area contributed by atoms with Gasteiger partial charge in [0, 0.05) is 19.3 Å². The van der Waals surface area contributed by atoms with Gasteiger partial charge in [-0.2, -0.15) is 0 Å². The molecule has 0 fully saturated rings. The van der Waals surface area contributed by atoms with Gasteiger partial charge in [-0.05, 0) is 12.1 Å². The number of hydrogen-bond acceptors (Lipinski definition) is 4. The third-order valence-corrected chi connectivity index (χ3v) is 1.46. The number of aromatic carboxylic acids is 1. The normalized spacial score (nSPS) is 9.62. The van der Waals surface area contributed by atoms with E-state index in [1.165, 1.54) is 18.3 Å². The van der Waals surface area contributed by atoms with E-state index < -0.39 is 5.97 Å². The van der Waals surface area contributed by atoms with Crippen LogP contribution in [0.15, 0.2) is 18.3 Å². The van der Waals surface area contributed by atoms with Crippen LogP contribution in [0, 0.1) is 0 Å². The van der Waals surface area contributed by atoms with Crippen molar-refractivity contribution in [3.63, 3.8) is 0 Å². The minimum absolute atomic E-state index is 0.217. The Kier molecular flexibility index (Phi) is 3.22. The molecule has 0 radical (unpaired) electrons. The number of pyridine rings is 1. The first kappa shape index (κ1) is 9.47. The van der Waals surface area contributed by atoms with Crippen LogP contribution in [0.3, 0.4) is 0 Å². The molecule has 4 N–H and O–H groups in total. The molecule has 5 heteroatoms. The molecule has 0 bridgehead atoms. The molecule has 70 valence electrons. The van der Waals surface area contributed by atoms with E-state index in [0.717, 1.165) is 0 Å². The number of anilines is 1. The lowest BCUT2D eigenvalue weighted by atomic mass is 10.2.